The summed E-state index contributed by atoms with van der Waals surface area (Å²) >= 11 is 0. The fraction of sp³-hybridized carbons (Fsp3) is 0.478. The summed E-state index contributed by atoms with van der Waals surface area (Å²) in [4.78, 5) is 19.0. The van der Waals surface area contributed by atoms with E-state index in [1.807, 2.05) is 13.8 Å². The SMILES string of the molecule is CNc1ncc(Oc2cccc(C(F)(F)F)c2)c(CCC(C)C)c1C(=O)N(C)CCCO. The molecule has 2 aromatic rings. The summed E-state index contributed by atoms with van der Waals surface area (Å²) in [7, 11) is 3.27. The fourth-order valence-corrected chi connectivity index (χ4v) is 3.18. The lowest BCUT2D eigenvalue weighted by Gasteiger charge is -2.23. The van der Waals surface area contributed by atoms with E-state index in [4.69, 9.17) is 9.84 Å². The van der Waals surface area contributed by atoms with Gasteiger partial charge in [0.25, 0.3) is 5.91 Å². The number of carbonyl (C=O) groups is 1. The molecule has 0 spiro atoms. The number of pyridine rings is 1. The minimum Gasteiger partial charge on any atom is -0.455 e. The number of halogens is 3. The zero-order valence-corrected chi connectivity index (χ0v) is 18.8. The van der Waals surface area contributed by atoms with Gasteiger partial charge < -0.3 is 20.1 Å². The third-order valence-electron chi connectivity index (χ3n) is 4.96. The Morgan fingerprint density at radius 1 is 1.31 bits per heavy atom. The smallest absolute Gasteiger partial charge is 0.416 e. The number of aromatic nitrogens is 1. The van der Waals surface area contributed by atoms with Crippen molar-refractivity contribution in [1.82, 2.24) is 9.88 Å². The second-order valence-corrected chi connectivity index (χ2v) is 7.94. The number of anilines is 1. The first-order chi connectivity index (χ1) is 15.1. The summed E-state index contributed by atoms with van der Waals surface area (Å²) < 4.78 is 45.2. The molecule has 0 radical (unpaired) electrons. The highest BCUT2D eigenvalue weighted by Gasteiger charge is 2.31. The van der Waals surface area contributed by atoms with Gasteiger partial charge in [-0.25, -0.2) is 4.98 Å². The van der Waals surface area contributed by atoms with Crippen LogP contribution in [-0.4, -0.2) is 48.1 Å². The summed E-state index contributed by atoms with van der Waals surface area (Å²) in [6.07, 6.45) is -1.42. The molecule has 0 saturated carbocycles. The second-order valence-electron chi connectivity index (χ2n) is 7.94. The molecule has 2 N–H and O–H groups in total. The third kappa shape index (κ3) is 6.59. The molecule has 176 valence electrons. The number of alkyl halides is 3. The van der Waals surface area contributed by atoms with Gasteiger partial charge in [-0.2, -0.15) is 13.2 Å². The largest absolute Gasteiger partial charge is 0.455 e. The van der Waals surface area contributed by atoms with Gasteiger partial charge in [-0.1, -0.05) is 19.9 Å². The van der Waals surface area contributed by atoms with Crippen LogP contribution in [0.2, 0.25) is 0 Å². The number of hydrogen-bond acceptors (Lipinski definition) is 5. The second kappa shape index (κ2) is 11.2. The summed E-state index contributed by atoms with van der Waals surface area (Å²) in [5.41, 5.74) is 0.0768. The maximum Gasteiger partial charge on any atom is 0.416 e. The van der Waals surface area contributed by atoms with E-state index < -0.39 is 11.7 Å². The first kappa shape index (κ1) is 25.5. The van der Waals surface area contributed by atoms with E-state index in [9.17, 15) is 18.0 Å². The van der Waals surface area contributed by atoms with Crippen LogP contribution in [0.5, 0.6) is 11.5 Å². The molecular formula is C23H30F3N3O3. The number of aliphatic hydroxyl groups is 1. The number of benzene rings is 1. The Hall–Kier alpha value is -2.81. The van der Waals surface area contributed by atoms with Crippen LogP contribution in [0, 0.1) is 5.92 Å². The Morgan fingerprint density at radius 3 is 2.62 bits per heavy atom. The van der Waals surface area contributed by atoms with E-state index in [-0.39, 0.29) is 24.0 Å². The van der Waals surface area contributed by atoms with Crippen molar-refractivity contribution in [1.29, 1.82) is 0 Å². The van der Waals surface area contributed by atoms with E-state index in [0.717, 1.165) is 18.6 Å². The summed E-state index contributed by atoms with van der Waals surface area (Å²) in [5.74, 6) is 0.641. The number of hydrogen-bond donors (Lipinski definition) is 2. The van der Waals surface area contributed by atoms with E-state index >= 15 is 0 Å². The summed E-state index contributed by atoms with van der Waals surface area (Å²) in [5, 5.41) is 12.0. The molecule has 1 heterocycles. The lowest BCUT2D eigenvalue weighted by Crippen LogP contribution is -2.30. The molecular weight excluding hydrogens is 423 g/mol. The quantitative estimate of drug-likeness (QED) is 0.531. The van der Waals surface area contributed by atoms with Crippen LogP contribution >= 0.6 is 0 Å². The number of nitrogens with zero attached hydrogens (tertiary/aromatic N) is 2. The normalized spacial score (nSPS) is 11.5. The molecule has 32 heavy (non-hydrogen) atoms. The Kier molecular flexibility index (Phi) is 8.89. The van der Waals surface area contributed by atoms with Gasteiger partial charge in [0, 0.05) is 32.8 Å². The van der Waals surface area contributed by atoms with Gasteiger partial charge >= 0.3 is 6.18 Å². The average molecular weight is 454 g/mol. The van der Waals surface area contributed by atoms with Crippen molar-refractivity contribution in [3.05, 3.63) is 47.2 Å². The fourth-order valence-electron chi connectivity index (χ4n) is 3.18. The van der Waals surface area contributed by atoms with Gasteiger partial charge in [-0.05, 0) is 43.4 Å². The van der Waals surface area contributed by atoms with Crippen LogP contribution in [0.15, 0.2) is 30.5 Å². The number of carbonyl (C=O) groups excluding carboxylic acids is 1. The molecule has 1 aromatic heterocycles. The Bertz CT molecular complexity index is 917. The van der Waals surface area contributed by atoms with Crippen LogP contribution < -0.4 is 10.1 Å². The molecule has 0 aliphatic heterocycles. The van der Waals surface area contributed by atoms with Crippen molar-refractivity contribution in [3.8, 4) is 11.5 Å². The molecule has 0 aliphatic rings. The minimum absolute atomic E-state index is 0.0108. The van der Waals surface area contributed by atoms with Gasteiger partial charge in [0.15, 0.2) is 0 Å². The molecule has 0 saturated heterocycles. The maximum absolute atomic E-state index is 13.2. The zero-order chi connectivity index (χ0) is 23.9. The molecule has 6 nitrogen and oxygen atoms in total. The van der Waals surface area contributed by atoms with Crippen LogP contribution in [-0.2, 0) is 12.6 Å². The van der Waals surface area contributed by atoms with Crippen LogP contribution in [0.1, 0.15) is 48.2 Å². The predicted octanol–water partition coefficient (Wildman–Crippen LogP) is 4.98. The molecule has 2 rings (SSSR count). The van der Waals surface area contributed by atoms with Gasteiger partial charge in [0.1, 0.15) is 17.3 Å². The number of ether oxygens (including phenoxy) is 1. The molecule has 1 aromatic carbocycles. The average Bonchev–Trinajstić information content (AvgIpc) is 2.75. The molecule has 0 atom stereocenters. The standard InChI is InChI=1S/C23H30F3N3O3/c1-15(2)9-10-18-19(32-17-8-5-7-16(13-17)23(24,25)26)14-28-21(27-3)20(18)22(31)29(4)11-6-12-30/h5,7-8,13-15,30H,6,9-12H2,1-4H3,(H,27,28). The van der Waals surface area contributed by atoms with Crippen molar-refractivity contribution in [2.45, 2.75) is 39.3 Å². The predicted molar refractivity (Wildman–Crippen MR) is 117 cm³/mol. The number of rotatable bonds is 10. The lowest BCUT2D eigenvalue weighted by molar-refractivity contribution is -0.137. The van der Waals surface area contributed by atoms with Crippen molar-refractivity contribution >= 4 is 11.7 Å². The topological polar surface area (TPSA) is 74.7 Å². The lowest BCUT2D eigenvalue weighted by atomic mass is 9.97. The maximum atomic E-state index is 13.2. The number of nitrogens with one attached hydrogen (secondary N) is 1. The minimum atomic E-state index is -4.50. The van der Waals surface area contributed by atoms with Crippen molar-refractivity contribution in [2.75, 3.05) is 32.6 Å². The molecule has 9 heteroatoms. The first-order valence-electron chi connectivity index (χ1n) is 10.5. The Labute approximate surface area is 186 Å². The Balaban J connectivity index is 2.54. The highest BCUT2D eigenvalue weighted by Crippen LogP contribution is 2.36. The highest BCUT2D eigenvalue weighted by atomic mass is 19.4. The molecule has 0 bridgehead atoms. The van der Waals surface area contributed by atoms with Crippen molar-refractivity contribution in [3.63, 3.8) is 0 Å². The monoisotopic (exact) mass is 453 g/mol. The van der Waals surface area contributed by atoms with Crippen LogP contribution in [0.3, 0.4) is 0 Å². The van der Waals surface area contributed by atoms with Crippen LogP contribution in [0.25, 0.3) is 0 Å². The molecule has 1 amide bonds. The van der Waals surface area contributed by atoms with E-state index in [1.54, 1.807) is 14.1 Å². The summed E-state index contributed by atoms with van der Waals surface area (Å²) in [6.45, 7) is 4.39. The number of aliphatic hydroxyl groups excluding tert-OH is 1. The van der Waals surface area contributed by atoms with Gasteiger partial charge in [0.2, 0.25) is 0 Å². The first-order valence-corrected chi connectivity index (χ1v) is 10.5. The van der Waals surface area contributed by atoms with E-state index in [2.05, 4.69) is 10.3 Å². The zero-order valence-electron chi connectivity index (χ0n) is 18.8. The number of amides is 1. The van der Waals surface area contributed by atoms with Crippen LogP contribution in [0.4, 0.5) is 19.0 Å². The van der Waals surface area contributed by atoms with Gasteiger partial charge in [0.05, 0.1) is 17.3 Å². The van der Waals surface area contributed by atoms with E-state index in [0.29, 0.717) is 42.2 Å². The highest BCUT2D eigenvalue weighted by molar-refractivity contribution is 6.00. The summed E-state index contributed by atoms with van der Waals surface area (Å²) in [6, 6.07) is 4.60. The molecule has 0 unspecified atom stereocenters. The van der Waals surface area contributed by atoms with Crippen molar-refractivity contribution in [2.24, 2.45) is 5.92 Å². The van der Waals surface area contributed by atoms with Gasteiger partial charge in [-0.3, -0.25) is 4.79 Å². The third-order valence-corrected chi connectivity index (χ3v) is 4.96. The van der Waals surface area contributed by atoms with E-state index in [1.165, 1.54) is 23.2 Å². The molecule has 0 aliphatic carbocycles. The van der Waals surface area contributed by atoms with Gasteiger partial charge in [-0.15, -0.1) is 0 Å². The molecule has 0 fully saturated rings. The van der Waals surface area contributed by atoms with Crippen molar-refractivity contribution < 1.29 is 27.8 Å². The Morgan fingerprint density at radius 2 is 2.03 bits per heavy atom.